The fraction of sp³-hybridized carbons (Fsp3) is 0.750. The molecule has 4 nitrogen and oxygen atoms in total. The van der Waals surface area contributed by atoms with Gasteiger partial charge in [0, 0.05) is 6.42 Å². The number of β-amino-alcohol motifs (C(OH)–C–C–N with tert-alkyl or cyclic N) is 1. The number of carbonyl (C=O) groups is 1. The molecule has 1 aliphatic heterocycles. The fourth-order valence-electron chi connectivity index (χ4n) is 1.79. The van der Waals surface area contributed by atoms with Gasteiger partial charge in [-0.2, -0.15) is 0 Å². The highest BCUT2D eigenvalue weighted by molar-refractivity contribution is 5.69. The van der Waals surface area contributed by atoms with E-state index in [1.807, 2.05) is 27.7 Å². The monoisotopic (exact) mass is 227 g/mol. The Labute approximate surface area is 96.9 Å². The van der Waals surface area contributed by atoms with Crippen LogP contribution in [0.1, 0.15) is 34.1 Å². The zero-order valence-electron chi connectivity index (χ0n) is 10.5. The summed E-state index contributed by atoms with van der Waals surface area (Å²) in [6, 6.07) is 0. The predicted molar refractivity (Wildman–Crippen MR) is 62.2 cm³/mol. The minimum atomic E-state index is -0.803. The van der Waals surface area contributed by atoms with Crippen molar-refractivity contribution in [2.75, 3.05) is 13.1 Å². The third kappa shape index (κ3) is 3.52. The van der Waals surface area contributed by atoms with E-state index < -0.39 is 11.2 Å². The summed E-state index contributed by atoms with van der Waals surface area (Å²) in [5.74, 6) is 0. The number of hydrogen-bond acceptors (Lipinski definition) is 3. The van der Waals surface area contributed by atoms with E-state index >= 15 is 0 Å². The van der Waals surface area contributed by atoms with E-state index in [9.17, 15) is 9.90 Å². The number of aliphatic hydroxyl groups is 1. The Morgan fingerprint density at radius 1 is 1.50 bits per heavy atom. The average Bonchev–Trinajstić information content (AvgIpc) is 1.94. The van der Waals surface area contributed by atoms with Crippen molar-refractivity contribution in [3.8, 4) is 0 Å². The van der Waals surface area contributed by atoms with Crippen molar-refractivity contribution in [1.82, 2.24) is 4.90 Å². The lowest BCUT2D eigenvalue weighted by Gasteiger charge is -2.46. The van der Waals surface area contributed by atoms with Gasteiger partial charge in [-0.15, -0.1) is 6.58 Å². The van der Waals surface area contributed by atoms with Gasteiger partial charge in [0.25, 0.3) is 0 Å². The molecule has 0 aromatic heterocycles. The van der Waals surface area contributed by atoms with Gasteiger partial charge in [-0.25, -0.2) is 4.79 Å². The van der Waals surface area contributed by atoms with Gasteiger partial charge in [-0.1, -0.05) is 5.57 Å². The number of nitrogens with zero attached hydrogens (tertiary/aromatic N) is 1. The molecule has 0 spiro atoms. The molecule has 0 unspecified atom stereocenters. The normalized spacial score (nSPS) is 18.9. The van der Waals surface area contributed by atoms with Gasteiger partial charge < -0.3 is 14.7 Å². The van der Waals surface area contributed by atoms with E-state index in [-0.39, 0.29) is 6.09 Å². The highest BCUT2D eigenvalue weighted by Crippen LogP contribution is 2.28. The molecule has 1 rings (SSSR count). The lowest BCUT2D eigenvalue weighted by molar-refractivity contribution is -0.0971. The summed E-state index contributed by atoms with van der Waals surface area (Å²) in [7, 11) is 0. The number of carbonyl (C=O) groups excluding carboxylic acids is 1. The average molecular weight is 227 g/mol. The van der Waals surface area contributed by atoms with Crippen molar-refractivity contribution in [2.24, 2.45) is 0 Å². The van der Waals surface area contributed by atoms with Crippen LogP contribution in [0.5, 0.6) is 0 Å². The highest BCUT2D eigenvalue weighted by atomic mass is 16.6. The Bertz CT molecular complexity index is 298. The molecule has 1 N–H and O–H groups in total. The van der Waals surface area contributed by atoms with Crippen LogP contribution in [0.4, 0.5) is 4.79 Å². The molecule has 92 valence electrons. The molecule has 1 fully saturated rings. The maximum Gasteiger partial charge on any atom is 0.410 e. The molecule has 0 bridgehead atoms. The van der Waals surface area contributed by atoms with E-state index in [1.165, 1.54) is 4.90 Å². The summed E-state index contributed by atoms with van der Waals surface area (Å²) in [5, 5.41) is 9.99. The van der Waals surface area contributed by atoms with Crippen molar-refractivity contribution in [2.45, 2.75) is 45.3 Å². The molecule has 16 heavy (non-hydrogen) atoms. The van der Waals surface area contributed by atoms with Crippen LogP contribution in [0.3, 0.4) is 0 Å². The van der Waals surface area contributed by atoms with Crippen molar-refractivity contribution in [1.29, 1.82) is 0 Å². The molecule has 0 radical (unpaired) electrons. The molecule has 1 aliphatic rings. The number of ether oxygens (including phenoxy) is 1. The van der Waals surface area contributed by atoms with E-state index in [4.69, 9.17) is 4.74 Å². The largest absolute Gasteiger partial charge is 0.444 e. The molecule has 0 saturated carbocycles. The van der Waals surface area contributed by atoms with Crippen LogP contribution in [0.15, 0.2) is 12.2 Å². The van der Waals surface area contributed by atoms with Gasteiger partial charge in [0.15, 0.2) is 0 Å². The summed E-state index contributed by atoms with van der Waals surface area (Å²) < 4.78 is 5.19. The van der Waals surface area contributed by atoms with E-state index in [0.717, 1.165) is 5.57 Å². The quantitative estimate of drug-likeness (QED) is 0.733. The van der Waals surface area contributed by atoms with Crippen molar-refractivity contribution < 1.29 is 14.6 Å². The molecule has 1 saturated heterocycles. The maximum absolute atomic E-state index is 11.6. The van der Waals surface area contributed by atoms with Gasteiger partial charge in [0.1, 0.15) is 11.2 Å². The second-order valence-corrected chi connectivity index (χ2v) is 5.69. The van der Waals surface area contributed by atoms with Crippen LogP contribution < -0.4 is 0 Å². The summed E-state index contributed by atoms with van der Waals surface area (Å²) >= 11 is 0. The zero-order chi connectivity index (χ0) is 12.6. The SMILES string of the molecule is C=C(C)CC1(O)CN(C(=O)OC(C)(C)C)C1. The molecule has 1 heterocycles. The first-order valence-corrected chi connectivity index (χ1v) is 5.46. The molecule has 0 aromatic carbocycles. The third-order valence-electron chi connectivity index (χ3n) is 2.25. The topological polar surface area (TPSA) is 49.8 Å². The predicted octanol–water partition coefficient (Wildman–Crippen LogP) is 1.93. The van der Waals surface area contributed by atoms with E-state index in [1.54, 1.807) is 0 Å². The Morgan fingerprint density at radius 2 is 2.00 bits per heavy atom. The van der Waals surface area contributed by atoms with E-state index in [2.05, 4.69) is 6.58 Å². The molecule has 0 atom stereocenters. The Kier molecular flexibility index (Phi) is 3.33. The maximum atomic E-state index is 11.6. The molecule has 1 amide bonds. The number of rotatable bonds is 2. The van der Waals surface area contributed by atoms with Crippen LogP contribution >= 0.6 is 0 Å². The Balaban J connectivity index is 2.41. The first kappa shape index (κ1) is 13.0. The fourth-order valence-corrected chi connectivity index (χ4v) is 1.79. The second kappa shape index (κ2) is 4.09. The van der Waals surface area contributed by atoms with Gasteiger partial charge in [-0.05, 0) is 27.7 Å². The summed E-state index contributed by atoms with van der Waals surface area (Å²) in [6.07, 6.45) is 0.172. The standard InChI is InChI=1S/C12H21NO3/c1-9(2)6-12(15)7-13(8-12)10(14)16-11(3,4)5/h15H,1,6-8H2,2-5H3. The molecular formula is C12H21NO3. The van der Waals surface area contributed by atoms with Crippen molar-refractivity contribution >= 4 is 6.09 Å². The van der Waals surface area contributed by atoms with Crippen LogP contribution in [0.25, 0.3) is 0 Å². The zero-order valence-corrected chi connectivity index (χ0v) is 10.5. The van der Waals surface area contributed by atoms with Crippen LogP contribution in [-0.4, -0.2) is 40.4 Å². The van der Waals surface area contributed by atoms with E-state index in [0.29, 0.717) is 19.5 Å². The molecule has 0 aliphatic carbocycles. The third-order valence-corrected chi connectivity index (χ3v) is 2.25. The molecular weight excluding hydrogens is 206 g/mol. The Morgan fingerprint density at radius 3 is 2.38 bits per heavy atom. The lowest BCUT2D eigenvalue weighted by atomic mass is 9.88. The number of likely N-dealkylation sites (tertiary alicyclic amines) is 1. The smallest absolute Gasteiger partial charge is 0.410 e. The van der Waals surface area contributed by atoms with Gasteiger partial charge in [0.05, 0.1) is 13.1 Å². The highest BCUT2D eigenvalue weighted by Gasteiger charge is 2.44. The molecule has 0 aromatic rings. The summed E-state index contributed by atoms with van der Waals surface area (Å²) in [5.41, 5.74) is -0.367. The minimum Gasteiger partial charge on any atom is -0.444 e. The van der Waals surface area contributed by atoms with Crippen molar-refractivity contribution in [3.05, 3.63) is 12.2 Å². The van der Waals surface area contributed by atoms with Crippen LogP contribution in [0.2, 0.25) is 0 Å². The van der Waals surface area contributed by atoms with Gasteiger partial charge >= 0.3 is 6.09 Å². The van der Waals surface area contributed by atoms with Gasteiger partial charge in [0.2, 0.25) is 0 Å². The van der Waals surface area contributed by atoms with Crippen LogP contribution in [0, 0.1) is 0 Å². The molecule has 4 heteroatoms. The van der Waals surface area contributed by atoms with Crippen molar-refractivity contribution in [3.63, 3.8) is 0 Å². The Hall–Kier alpha value is -1.03. The van der Waals surface area contributed by atoms with Crippen LogP contribution in [-0.2, 0) is 4.74 Å². The summed E-state index contributed by atoms with van der Waals surface area (Å²) in [4.78, 5) is 13.1. The number of hydrogen-bond donors (Lipinski definition) is 1. The van der Waals surface area contributed by atoms with Gasteiger partial charge in [-0.3, -0.25) is 0 Å². The second-order valence-electron chi connectivity index (χ2n) is 5.69. The first-order valence-electron chi connectivity index (χ1n) is 5.46. The minimum absolute atomic E-state index is 0.328. The summed E-state index contributed by atoms with van der Waals surface area (Å²) in [6.45, 7) is 11.8. The lowest BCUT2D eigenvalue weighted by Crippen LogP contribution is -2.64. The number of amides is 1. The first-order chi connectivity index (χ1) is 7.11.